The number of aromatic nitrogens is 3. The van der Waals surface area contributed by atoms with Crippen molar-refractivity contribution < 1.29 is 18.7 Å². The highest BCUT2D eigenvalue weighted by Crippen LogP contribution is 2.47. The summed E-state index contributed by atoms with van der Waals surface area (Å²) in [5, 5.41) is 0.264. The molecule has 4 fully saturated rings. The number of anilines is 1. The molecule has 6 rings (SSSR count). The van der Waals surface area contributed by atoms with Crippen LogP contribution in [0.3, 0.4) is 0 Å². The van der Waals surface area contributed by atoms with E-state index in [0.717, 1.165) is 38.6 Å². The summed E-state index contributed by atoms with van der Waals surface area (Å²) in [6.45, 7) is 8.36. The molecule has 2 aromatic rings. The second kappa shape index (κ2) is 9.87. The van der Waals surface area contributed by atoms with Crippen molar-refractivity contribution in [3.63, 3.8) is 0 Å². The Bertz CT molecular complexity index is 1260. The maximum Gasteiger partial charge on any atom is 0.410 e. The van der Waals surface area contributed by atoms with E-state index in [1.165, 1.54) is 19.0 Å². The number of fused-ring (bicyclic) bond motifs is 4. The summed E-state index contributed by atoms with van der Waals surface area (Å²) in [7, 11) is 2.20. The van der Waals surface area contributed by atoms with E-state index in [0.29, 0.717) is 36.9 Å². The third-order valence-corrected chi connectivity index (χ3v) is 9.32. The van der Waals surface area contributed by atoms with E-state index in [1.54, 1.807) is 0 Å². The molecule has 0 aromatic carbocycles. The van der Waals surface area contributed by atoms with Crippen LogP contribution in [0.15, 0.2) is 6.20 Å². The van der Waals surface area contributed by atoms with Crippen LogP contribution in [0.2, 0.25) is 5.15 Å². The Labute approximate surface area is 234 Å². The largest absolute Gasteiger partial charge is 0.463 e. The summed E-state index contributed by atoms with van der Waals surface area (Å²) in [4.78, 5) is 32.8. The number of amides is 1. The summed E-state index contributed by atoms with van der Waals surface area (Å²) in [5.41, 5.74) is -0.382. The van der Waals surface area contributed by atoms with Crippen LogP contribution in [0, 0.1) is 11.2 Å². The predicted molar refractivity (Wildman–Crippen MR) is 147 cm³/mol. The number of carbonyl (C=O) groups is 1. The first kappa shape index (κ1) is 26.7. The van der Waals surface area contributed by atoms with Crippen molar-refractivity contribution in [3.05, 3.63) is 17.2 Å². The number of hydrogen-bond acceptors (Lipinski definition) is 8. The number of ether oxygens (including phenoxy) is 2. The van der Waals surface area contributed by atoms with Crippen molar-refractivity contribution in [2.75, 3.05) is 38.2 Å². The van der Waals surface area contributed by atoms with Gasteiger partial charge in [0.2, 0.25) is 0 Å². The summed E-state index contributed by atoms with van der Waals surface area (Å²) in [6.07, 6.45) is 8.72. The molecule has 9 nitrogen and oxygen atoms in total. The number of piperazine rings is 1. The zero-order valence-corrected chi connectivity index (χ0v) is 24.0. The number of halogens is 2. The quantitative estimate of drug-likeness (QED) is 0.480. The number of nitrogens with zero attached hydrogens (tertiary/aromatic N) is 6. The van der Waals surface area contributed by atoms with Crippen molar-refractivity contribution in [1.82, 2.24) is 24.8 Å². The van der Waals surface area contributed by atoms with E-state index in [1.807, 2.05) is 25.7 Å². The van der Waals surface area contributed by atoms with Gasteiger partial charge in [0.1, 0.15) is 16.9 Å². The number of carbonyl (C=O) groups excluding carboxylic acids is 1. The highest BCUT2D eigenvalue weighted by Gasteiger charge is 2.48. The molecule has 1 aliphatic carbocycles. The highest BCUT2D eigenvalue weighted by atomic mass is 35.5. The minimum Gasteiger partial charge on any atom is -0.463 e. The molecule has 1 saturated carbocycles. The van der Waals surface area contributed by atoms with E-state index in [9.17, 15) is 4.79 Å². The van der Waals surface area contributed by atoms with Gasteiger partial charge in [-0.15, -0.1) is 0 Å². The molecule has 1 amide bonds. The van der Waals surface area contributed by atoms with Crippen LogP contribution in [0.4, 0.5) is 15.0 Å². The molecular weight excluding hydrogens is 523 g/mol. The lowest BCUT2D eigenvalue weighted by Gasteiger charge is -2.44. The fourth-order valence-electron chi connectivity index (χ4n) is 7.38. The minimum atomic E-state index is -0.674. The van der Waals surface area contributed by atoms with Crippen LogP contribution < -0.4 is 9.64 Å². The Morgan fingerprint density at radius 3 is 2.59 bits per heavy atom. The molecule has 0 radical (unpaired) electrons. The van der Waals surface area contributed by atoms with Crippen LogP contribution in [-0.2, 0) is 4.74 Å². The second-order valence-corrected chi connectivity index (χ2v) is 13.1. The summed E-state index contributed by atoms with van der Waals surface area (Å²) < 4.78 is 27.3. The van der Waals surface area contributed by atoms with Crippen LogP contribution in [0.5, 0.6) is 6.01 Å². The van der Waals surface area contributed by atoms with E-state index in [2.05, 4.69) is 26.8 Å². The first-order chi connectivity index (χ1) is 18.5. The van der Waals surface area contributed by atoms with Crippen molar-refractivity contribution in [2.24, 2.45) is 5.41 Å². The van der Waals surface area contributed by atoms with Gasteiger partial charge in [-0.2, -0.15) is 9.97 Å². The Morgan fingerprint density at radius 1 is 1.15 bits per heavy atom. The number of piperidine rings is 1. The Balaban J connectivity index is 1.29. The van der Waals surface area contributed by atoms with Gasteiger partial charge in [-0.05, 0) is 72.9 Å². The summed E-state index contributed by atoms with van der Waals surface area (Å²) in [6, 6.07) is 0.606. The fraction of sp³-hybridized carbons (Fsp3) is 0.714. The normalized spacial score (nSPS) is 29.1. The Hall–Kier alpha value is -2.46. The van der Waals surface area contributed by atoms with Gasteiger partial charge in [0.25, 0.3) is 0 Å². The average Bonchev–Trinajstić information content (AvgIpc) is 3.43. The minimum absolute atomic E-state index is 0.0194. The van der Waals surface area contributed by atoms with Gasteiger partial charge in [-0.1, -0.05) is 18.0 Å². The van der Waals surface area contributed by atoms with E-state index in [-0.39, 0.29) is 40.3 Å². The van der Waals surface area contributed by atoms with E-state index in [4.69, 9.17) is 26.1 Å². The lowest BCUT2D eigenvalue weighted by Crippen LogP contribution is -2.57. The van der Waals surface area contributed by atoms with Crippen molar-refractivity contribution in [2.45, 2.75) is 89.4 Å². The molecule has 3 saturated heterocycles. The van der Waals surface area contributed by atoms with E-state index >= 15 is 4.39 Å². The monoisotopic (exact) mass is 560 g/mol. The third-order valence-electron chi connectivity index (χ3n) is 9.05. The number of hydrogen-bond donors (Lipinski definition) is 0. The molecule has 2 bridgehead atoms. The van der Waals surface area contributed by atoms with Gasteiger partial charge in [0.05, 0.1) is 24.1 Å². The van der Waals surface area contributed by atoms with Crippen molar-refractivity contribution in [1.29, 1.82) is 0 Å². The van der Waals surface area contributed by atoms with Crippen molar-refractivity contribution in [3.8, 4) is 6.01 Å². The van der Waals surface area contributed by atoms with Crippen LogP contribution in [-0.4, -0.2) is 87.9 Å². The summed E-state index contributed by atoms with van der Waals surface area (Å²) in [5.74, 6) is -0.104. The molecule has 5 heterocycles. The molecule has 0 spiro atoms. The van der Waals surface area contributed by atoms with Gasteiger partial charge >= 0.3 is 12.1 Å². The standard InChI is InChI=1S/C28H38ClFN6O3/c1-27(2,3)39-26(37)36-17-8-9-18(36)15-35(14-17)24-19-13-31-23(29)21(30)22(19)32-25(33-24)38-16-28-10-5-7-20(28)34(4)12-6-11-28/h13,17-18,20H,5-12,14-16H2,1-4H3/t17?,18?,20-,28-/m1/s1. The molecular formula is C28H38ClFN6O3. The summed E-state index contributed by atoms with van der Waals surface area (Å²) >= 11 is 6.06. The van der Waals surface area contributed by atoms with Gasteiger partial charge < -0.3 is 19.3 Å². The first-order valence-electron chi connectivity index (χ1n) is 14.2. The SMILES string of the molecule is CN1CCC[C@@]2(COc3nc(N4CC5CCC(C4)N5C(=O)OC(C)(C)C)c4cnc(Cl)c(F)c4n3)CCC[C@@H]12. The molecule has 4 atom stereocenters. The lowest BCUT2D eigenvalue weighted by atomic mass is 9.76. The smallest absolute Gasteiger partial charge is 0.410 e. The zero-order valence-electron chi connectivity index (χ0n) is 23.3. The number of likely N-dealkylation sites (tertiary alicyclic amines) is 1. The van der Waals surface area contributed by atoms with Gasteiger partial charge in [-0.25, -0.2) is 14.2 Å². The van der Waals surface area contributed by atoms with E-state index < -0.39 is 11.4 Å². The maximum atomic E-state index is 15.2. The molecule has 11 heteroatoms. The molecule has 0 N–H and O–H groups in total. The van der Waals surface area contributed by atoms with Crippen LogP contribution in [0.25, 0.3) is 10.9 Å². The van der Waals surface area contributed by atoms with Crippen LogP contribution >= 0.6 is 11.6 Å². The van der Waals surface area contributed by atoms with Crippen molar-refractivity contribution >= 4 is 34.4 Å². The van der Waals surface area contributed by atoms with Gasteiger partial charge in [0, 0.05) is 30.7 Å². The van der Waals surface area contributed by atoms with Crippen LogP contribution in [0.1, 0.15) is 65.7 Å². The molecule has 2 aromatic heterocycles. The zero-order chi connectivity index (χ0) is 27.5. The molecule has 3 aliphatic heterocycles. The molecule has 212 valence electrons. The third kappa shape index (κ3) is 4.88. The molecule has 4 aliphatic rings. The number of rotatable bonds is 4. The second-order valence-electron chi connectivity index (χ2n) is 12.8. The highest BCUT2D eigenvalue weighted by molar-refractivity contribution is 6.30. The maximum absolute atomic E-state index is 15.2. The van der Waals surface area contributed by atoms with Gasteiger partial charge in [-0.3, -0.25) is 4.90 Å². The molecule has 39 heavy (non-hydrogen) atoms. The predicted octanol–water partition coefficient (Wildman–Crippen LogP) is 5.05. The lowest BCUT2D eigenvalue weighted by molar-refractivity contribution is 0.0119. The first-order valence-corrected chi connectivity index (χ1v) is 14.5. The Kier molecular flexibility index (Phi) is 6.77. The average molecular weight is 561 g/mol. The topological polar surface area (TPSA) is 83.9 Å². The van der Waals surface area contributed by atoms with Gasteiger partial charge in [0.15, 0.2) is 11.0 Å². The fourth-order valence-corrected chi connectivity index (χ4v) is 7.52. The number of pyridine rings is 1. The Morgan fingerprint density at radius 2 is 1.87 bits per heavy atom. The molecule has 2 unspecified atom stereocenters.